The number of imidazole rings is 1. The maximum atomic E-state index is 13.0. The minimum atomic E-state index is -0.934. The van der Waals surface area contributed by atoms with Gasteiger partial charge in [-0.15, -0.1) is 0 Å². The van der Waals surface area contributed by atoms with Gasteiger partial charge in [0.05, 0.1) is 16.6 Å². The number of aromatic nitrogens is 2. The van der Waals surface area contributed by atoms with Crippen molar-refractivity contribution in [1.29, 1.82) is 0 Å². The highest BCUT2D eigenvalue weighted by atomic mass is 16.4. The first kappa shape index (κ1) is 26.1. The van der Waals surface area contributed by atoms with Gasteiger partial charge in [-0.05, 0) is 53.8 Å². The fourth-order valence-electron chi connectivity index (χ4n) is 4.62. The van der Waals surface area contributed by atoms with Crippen molar-refractivity contribution in [3.05, 3.63) is 89.2 Å². The minimum Gasteiger partial charge on any atom is -0.478 e. The van der Waals surface area contributed by atoms with E-state index >= 15 is 0 Å². The number of carbonyl (C=O) groups is 2. The number of carbonyl (C=O) groups excluding carboxylic acids is 1. The third kappa shape index (κ3) is 5.91. The number of hydrogen-bond acceptors (Lipinski definition) is 3. The first-order chi connectivity index (χ1) is 17.9. The van der Waals surface area contributed by atoms with Gasteiger partial charge in [-0.3, -0.25) is 4.79 Å². The molecule has 0 bridgehead atoms. The lowest BCUT2D eigenvalue weighted by Gasteiger charge is -2.17. The highest BCUT2D eigenvalue weighted by Gasteiger charge is 2.17. The van der Waals surface area contributed by atoms with Crippen LogP contribution in [0.3, 0.4) is 0 Å². The molecule has 6 heteroatoms. The van der Waals surface area contributed by atoms with E-state index in [9.17, 15) is 14.7 Å². The van der Waals surface area contributed by atoms with Gasteiger partial charge in [0.2, 0.25) is 0 Å². The lowest BCUT2D eigenvalue weighted by molar-refractivity contribution is 0.0697. The summed E-state index contributed by atoms with van der Waals surface area (Å²) < 4.78 is 2.22. The predicted octanol–water partition coefficient (Wildman–Crippen LogP) is 6.66. The molecule has 6 nitrogen and oxygen atoms in total. The number of carboxylic acid groups (broad SMARTS) is 1. The zero-order chi connectivity index (χ0) is 26.4. The van der Waals surface area contributed by atoms with Crippen molar-refractivity contribution in [3.63, 3.8) is 0 Å². The second-order valence-electron chi connectivity index (χ2n) is 9.55. The molecule has 3 aromatic carbocycles. The Labute approximate surface area is 218 Å². The Bertz CT molecular complexity index is 1390. The average Bonchev–Trinajstić information content (AvgIpc) is 3.26. The molecule has 0 atom stereocenters. The van der Waals surface area contributed by atoms with E-state index in [4.69, 9.17) is 4.98 Å². The molecule has 4 aromatic rings. The number of carboxylic acids is 1. The van der Waals surface area contributed by atoms with Gasteiger partial charge in [0.25, 0.3) is 5.91 Å². The highest BCUT2D eigenvalue weighted by molar-refractivity contribution is 5.97. The van der Waals surface area contributed by atoms with E-state index in [0.717, 1.165) is 66.6 Å². The fraction of sp³-hybridized carbons (Fsp3) is 0.323. The fourth-order valence-corrected chi connectivity index (χ4v) is 4.62. The summed E-state index contributed by atoms with van der Waals surface area (Å²) in [4.78, 5) is 31.4. The summed E-state index contributed by atoms with van der Waals surface area (Å²) >= 11 is 0. The Morgan fingerprint density at radius 3 is 2.38 bits per heavy atom. The van der Waals surface area contributed by atoms with Crippen LogP contribution in [-0.2, 0) is 13.0 Å². The Morgan fingerprint density at radius 2 is 1.68 bits per heavy atom. The van der Waals surface area contributed by atoms with Gasteiger partial charge < -0.3 is 14.6 Å². The predicted molar refractivity (Wildman–Crippen MR) is 148 cm³/mol. The molecule has 1 amide bonds. The molecule has 1 heterocycles. The first-order valence-corrected chi connectivity index (χ1v) is 13.1. The van der Waals surface area contributed by atoms with Crippen molar-refractivity contribution in [2.24, 2.45) is 0 Å². The van der Waals surface area contributed by atoms with Crippen LogP contribution in [0.5, 0.6) is 0 Å². The van der Waals surface area contributed by atoms with Gasteiger partial charge in [0.15, 0.2) is 0 Å². The van der Waals surface area contributed by atoms with Crippen LogP contribution in [0.2, 0.25) is 0 Å². The molecule has 0 spiro atoms. The van der Waals surface area contributed by atoms with Crippen molar-refractivity contribution in [2.45, 2.75) is 52.5 Å². The van der Waals surface area contributed by atoms with Crippen LogP contribution in [0.4, 0.5) is 0 Å². The Balaban J connectivity index is 1.67. The van der Waals surface area contributed by atoms with Gasteiger partial charge in [0, 0.05) is 32.1 Å². The van der Waals surface area contributed by atoms with E-state index in [1.165, 1.54) is 0 Å². The molecule has 0 fully saturated rings. The van der Waals surface area contributed by atoms with Crippen molar-refractivity contribution < 1.29 is 14.7 Å². The summed E-state index contributed by atoms with van der Waals surface area (Å²) in [5.74, 6) is 0.108. The molecule has 0 saturated heterocycles. The van der Waals surface area contributed by atoms with Crippen molar-refractivity contribution in [1.82, 2.24) is 14.5 Å². The lowest BCUT2D eigenvalue weighted by Crippen LogP contribution is -2.27. The van der Waals surface area contributed by atoms with Crippen LogP contribution < -0.4 is 0 Å². The number of amides is 1. The maximum Gasteiger partial charge on any atom is 0.336 e. The second kappa shape index (κ2) is 11.9. The lowest BCUT2D eigenvalue weighted by atomic mass is 9.99. The van der Waals surface area contributed by atoms with E-state index in [0.29, 0.717) is 23.2 Å². The van der Waals surface area contributed by atoms with Gasteiger partial charge in [-0.2, -0.15) is 0 Å². The number of unbranched alkanes of at least 4 members (excludes halogenated alkanes) is 2. The molecule has 0 aliphatic carbocycles. The molecule has 4 rings (SSSR count). The van der Waals surface area contributed by atoms with Gasteiger partial charge in [0.1, 0.15) is 5.82 Å². The molecule has 1 aromatic heterocycles. The summed E-state index contributed by atoms with van der Waals surface area (Å²) in [7, 11) is 1.86. The van der Waals surface area contributed by atoms with Crippen molar-refractivity contribution in [2.75, 3.05) is 13.6 Å². The van der Waals surface area contributed by atoms with E-state index in [2.05, 4.69) is 18.4 Å². The summed E-state index contributed by atoms with van der Waals surface area (Å²) in [6, 6.07) is 20.9. The SMILES string of the molecule is CCCCc1nc2ccc(C(=O)N(C)CCCC)cc2n1Cc1ccc(-c2ccccc2C(=O)O)cc1. The normalized spacial score (nSPS) is 11.1. The molecule has 0 aliphatic heterocycles. The van der Waals surface area contributed by atoms with E-state index in [1.54, 1.807) is 17.0 Å². The first-order valence-electron chi connectivity index (χ1n) is 13.1. The van der Waals surface area contributed by atoms with Crippen LogP contribution >= 0.6 is 0 Å². The molecule has 192 valence electrons. The number of benzene rings is 3. The van der Waals surface area contributed by atoms with E-state index in [-0.39, 0.29) is 5.91 Å². The molecule has 1 N–H and O–H groups in total. The molecular formula is C31H35N3O3. The topological polar surface area (TPSA) is 75.4 Å². The summed E-state index contributed by atoms with van der Waals surface area (Å²) in [5, 5.41) is 9.56. The molecule has 0 unspecified atom stereocenters. The van der Waals surface area contributed by atoms with Gasteiger partial charge in [-0.25, -0.2) is 9.78 Å². The number of aryl methyl sites for hydroxylation is 1. The van der Waals surface area contributed by atoms with E-state index < -0.39 is 5.97 Å². The number of aromatic carboxylic acids is 1. The third-order valence-corrected chi connectivity index (χ3v) is 6.79. The summed E-state index contributed by atoms with van der Waals surface area (Å²) in [6.45, 7) is 5.66. The minimum absolute atomic E-state index is 0.0275. The molecule has 0 aliphatic rings. The summed E-state index contributed by atoms with van der Waals surface area (Å²) in [5.41, 5.74) is 5.48. The average molecular weight is 498 g/mol. The molecule has 0 radical (unpaired) electrons. The standard InChI is InChI=1S/C31H35N3O3/c1-4-6-12-29-32-27-18-17-24(30(35)33(3)19-7-5-2)20-28(27)34(29)21-22-13-15-23(16-14-22)25-10-8-9-11-26(25)31(36)37/h8-11,13-18,20H,4-7,12,19,21H2,1-3H3,(H,36,37). The number of fused-ring (bicyclic) bond motifs is 1. The zero-order valence-corrected chi connectivity index (χ0v) is 21.9. The van der Waals surface area contributed by atoms with Crippen LogP contribution in [0.15, 0.2) is 66.7 Å². The number of rotatable bonds is 11. The number of nitrogens with zero attached hydrogens (tertiary/aromatic N) is 3. The zero-order valence-electron chi connectivity index (χ0n) is 21.9. The second-order valence-corrected chi connectivity index (χ2v) is 9.55. The van der Waals surface area contributed by atoms with Crippen LogP contribution in [0.1, 0.15) is 71.6 Å². The molecule has 37 heavy (non-hydrogen) atoms. The maximum absolute atomic E-state index is 13.0. The van der Waals surface area contributed by atoms with Gasteiger partial charge in [-0.1, -0.05) is 69.2 Å². The van der Waals surface area contributed by atoms with Crippen LogP contribution in [0.25, 0.3) is 22.2 Å². The summed E-state index contributed by atoms with van der Waals surface area (Å²) in [6.07, 6.45) is 5.02. The van der Waals surface area contributed by atoms with E-state index in [1.807, 2.05) is 61.6 Å². The number of hydrogen-bond donors (Lipinski definition) is 1. The van der Waals surface area contributed by atoms with Crippen molar-refractivity contribution in [3.8, 4) is 11.1 Å². The Kier molecular flexibility index (Phi) is 8.39. The van der Waals surface area contributed by atoms with Crippen molar-refractivity contribution >= 4 is 22.9 Å². The van der Waals surface area contributed by atoms with Crippen LogP contribution in [-0.4, -0.2) is 45.0 Å². The molecular weight excluding hydrogens is 462 g/mol. The third-order valence-electron chi connectivity index (χ3n) is 6.79. The monoisotopic (exact) mass is 497 g/mol. The molecule has 0 saturated carbocycles. The van der Waals surface area contributed by atoms with Crippen LogP contribution in [0, 0.1) is 0 Å². The van der Waals surface area contributed by atoms with Gasteiger partial charge >= 0.3 is 5.97 Å². The Hall–Kier alpha value is -3.93. The highest BCUT2D eigenvalue weighted by Crippen LogP contribution is 2.26. The quantitative estimate of drug-likeness (QED) is 0.251. The largest absolute Gasteiger partial charge is 0.478 e. The smallest absolute Gasteiger partial charge is 0.336 e. The Morgan fingerprint density at radius 1 is 0.946 bits per heavy atom.